The summed E-state index contributed by atoms with van der Waals surface area (Å²) in [5, 5.41) is 3.05. The topological polar surface area (TPSA) is 47.6 Å². The van der Waals surface area contributed by atoms with E-state index in [4.69, 9.17) is 9.47 Å². The Balaban J connectivity index is 1.84. The number of ether oxygens (including phenoxy) is 2. The second-order valence-electron chi connectivity index (χ2n) is 6.61. The number of carbonyl (C=O) groups is 1. The summed E-state index contributed by atoms with van der Waals surface area (Å²) >= 11 is 0. The molecule has 0 radical (unpaired) electrons. The average molecular weight is 291 g/mol. The van der Waals surface area contributed by atoms with Crippen LogP contribution in [-0.4, -0.2) is 25.7 Å². The quantitative estimate of drug-likeness (QED) is 0.907. The van der Waals surface area contributed by atoms with Crippen molar-refractivity contribution in [2.75, 3.05) is 13.7 Å². The minimum absolute atomic E-state index is 0.0242. The molecule has 1 aromatic rings. The lowest BCUT2D eigenvalue weighted by Gasteiger charge is -2.18. The van der Waals surface area contributed by atoms with E-state index in [9.17, 15) is 4.79 Å². The Labute approximate surface area is 126 Å². The number of hydrogen-bond donors (Lipinski definition) is 1. The van der Waals surface area contributed by atoms with Gasteiger partial charge in [-0.2, -0.15) is 0 Å². The molecule has 4 heteroatoms. The van der Waals surface area contributed by atoms with Gasteiger partial charge in [0.1, 0.15) is 0 Å². The van der Waals surface area contributed by atoms with Crippen molar-refractivity contribution in [3.63, 3.8) is 0 Å². The van der Waals surface area contributed by atoms with E-state index in [-0.39, 0.29) is 18.6 Å². The van der Waals surface area contributed by atoms with E-state index >= 15 is 0 Å². The van der Waals surface area contributed by atoms with Gasteiger partial charge in [-0.3, -0.25) is 4.79 Å². The number of rotatable bonds is 5. The van der Waals surface area contributed by atoms with Crippen LogP contribution in [0.3, 0.4) is 0 Å². The van der Waals surface area contributed by atoms with Crippen molar-refractivity contribution in [3.8, 4) is 11.5 Å². The summed E-state index contributed by atoms with van der Waals surface area (Å²) in [6.45, 7) is 6.50. The summed E-state index contributed by atoms with van der Waals surface area (Å²) in [6, 6.07) is 5.94. The lowest BCUT2D eigenvalue weighted by atomic mass is 9.92. The van der Waals surface area contributed by atoms with Crippen molar-refractivity contribution in [1.29, 1.82) is 0 Å². The van der Waals surface area contributed by atoms with E-state index in [0.29, 0.717) is 16.9 Å². The molecule has 4 nitrogen and oxygen atoms in total. The van der Waals surface area contributed by atoms with Gasteiger partial charge in [-0.25, -0.2) is 0 Å². The largest absolute Gasteiger partial charge is 0.493 e. The molecule has 1 aromatic carbocycles. The predicted molar refractivity (Wildman–Crippen MR) is 82.8 cm³/mol. The van der Waals surface area contributed by atoms with E-state index in [1.54, 1.807) is 7.11 Å². The van der Waals surface area contributed by atoms with Crippen molar-refractivity contribution < 1.29 is 14.3 Å². The summed E-state index contributed by atoms with van der Waals surface area (Å²) in [5.41, 5.74) is 1.43. The van der Waals surface area contributed by atoms with Crippen molar-refractivity contribution in [2.45, 2.75) is 46.1 Å². The van der Waals surface area contributed by atoms with Crippen LogP contribution < -0.4 is 14.8 Å². The maximum absolute atomic E-state index is 12.0. The van der Waals surface area contributed by atoms with Crippen LogP contribution in [0.4, 0.5) is 0 Å². The van der Waals surface area contributed by atoms with Crippen LogP contribution in [0.2, 0.25) is 0 Å². The van der Waals surface area contributed by atoms with Gasteiger partial charge in [0.25, 0.3) is 5.91 Å². The number of carbonyl (C=O) groups excluding carboxylic acids is 1. The zero-order valence-corrected chi connectivity index (χ0v) is 13.4. The number of nitrogens with one attached hydrogen (secondary N) is 1. The molecular weight excluding hydrogens is 266 g/mol. The summed E-state index contributed by atoms with van der Waals surface area (Å²) in [5.74, 6) is 1.19. The highest BCUT2D eigenvalue weighted by Crippen LogP contribution is 2.36. The molecule has 0 saturated heterocycles. The Morgan fingerprint density at radius 1 is 1.38 bits per heavy atom. The first-order valence-electron chi connectivity index (χ1n) is 7.46. The molecule has 0 aromatic heterocycles. The molecule has 0 aliphatic heterocycles. The zero-order chi connectivity index (χ0) is 15.5. The fourth-order valence-corrected chi connectivity index (χ4v) is 2.87. The Morgan fingerprint density at radius 3 is 2.76 bits per heavy atom. The number of aryl methyl sites for hydroxylation is 1. The van der Waals surface area contributed by atoms with Crippen LogP contribution in [0.1, 0.15) is 38.7 Å². The molecule has 0 heterocycles. The molecule has 2 rings (SSSR count). The van der Waals surface area contributed by atoms with E-state index in [1.165, 1.54) is 0 Å². The Kier molecular flexibility index (Phi) is 4.76. The van der Waals surface area contributed by atoms with E-state index in [2.05, 4.69) is 19.2 Å². The standard InChI is InChI=1S/C17H25NO3/c1-12-5-6-14(15(9-12)20-4)21-11-16(19)18-13-7-8-17(2,3)10-13/h5-6,9,13H,7-8,10-11H2,1-4H3,(H,18,19). The molecule has 1 fully saturated rings. The maximum Gasteiger partial charge on any atom is 0.258 e. The van der Waals surface area contributed by atoms with Gasteiger partial charge >= 0.3 is 0 Å². The van der Waals surface area contributed by atoms with Gasteiger partial charge in [0.15, 0.2) is 18.1 Å². The van der Waals surface area contributed by atoms with Crippen LogP contribution in [0.5, 0.6) is 11.5 Å². The lowest BCUT2D eigenvalue weighted by Crippen LogP contribution is -2.36. The van der Waals surface area contributed by atoms with Gasteiger partial charge in [-0.05, 0) is 49.3 Å². The Morgan fingerprint density at radius 2 is 2.14 bits per heavy atom. The SMILES string of the molecule is COc1cc(C)ccc1OCC(=O)NC1CCC(C)(C)C1. The van der Waals surface area contributed by atoms with E-state index < -0.39 is 0 Å². The molecule has 0 bridgehead atoms. The van der Waals surface area contributed by atoms with Crippen molar-refractivity contribution in [2.24, 2.45) is 5.41 Å². The number of amides is 1. The van der Waals surface area contributed by atoms with Gasteiger partial charge in [-0.15, -0.1) is 0 Å². The third-order valence-electron chi connectivity index (χ3n) is 4.01. The first-order valence-corrected chi connectivity index (χ1v) is 7.46. The molecule has 1 saturated carbocycles. The van der Waals surface area contributed by atoms with Crippen molar-refractivity contribution in [3.05, 3.63) is 23.8 Å². The molecule has 0 spiro atoms. The minimum atomic E-state index is -0.0691. The Bertz CT molecular complexity index is 511. The van der Waals surface area contributed by atoms with Gasteiger partial charge in [-0.1, -0.05) is 19.9 Å². The second kappa shape index (κ2) is 6.37. The predicted octanol–water partition coefficient (Wildman–Crippen LogP) is 3.08. The van der Waals surface area contributed by atoms with Crippen LogP contribution in [0.25, 0.3) is 0 Å². The maximum atomic E-state index is 12.0. The molecule has 1 aliphatic rings. The number of hydrogen-bond acceptors (Lipinski definition) is 3. The molecule has 1 N–H and O–H groups in total. The highest BCUT2D eigenvalue weighted by molar-refractivity contribution is 5.78. The molecular formula is C17H25NO3. The summed E-state index contributed by atoms with van der Waals surface area (Å²) in [6.07, 6.45) is 3.24. The van der Waals surface area contributed by atoms with Gasteiger partial charge in [0.2, 0.25) is 0 Å². The van der Waals surface area contributed by atoms with Gasteiger partial charge in [0.05, 0.1) is 7.11 Å². The molecule has 1 atom stereocenters. The van der Waals surface area contributed by atoms with E-state index in [0.717, 1.165) is 24.8 Å². The molecule has 21 heavy (non-hydrogen) atoms. The second-order valence-corrected chi connectivity index (χ2v) is 6.61. The van der Waals surface area contributed by atoms with Gasteiger partial charge in [0, 0.05) is 6.04 Å². The number of benzene rings is 1. The van der Waals surface area contributed by atoms with Crippen LogP contribution >= 0.6 is 0 Å². The molecule has 1 amide bonds. The smallest absolute Gasteiger partial charge is 0.258 e. The number of methoxy groups -OCH3 is 1. The van der Waals surface area contributed by atoms with Gasteiger partial charge < -0.3 is 14.8 Å². The fraction of sp³-hybridized carbons (Fsp3) is 0.588. The van der Waals surface area contributed by atoms with Crippen LogP contribution in [0.15, 0.2) is 18.2 Å². The van der Waals surface area contributed by atoms with Crippen LogP contribution in [-0.2, 0) is 4.79 Å². The molecule has 1 aliphatic carbocycles. The Hall–Kier alpha value is -1.71. The molecule has 1 unspecified atom stereocenters. The first kappa shape index (κ1) is 15.7. The van der Waals surface area contributed by atoms with E-state index in [1.807, 2.05) is 25.1 Å². The normalized spacial score (nSPS) is 20.1. The monoisotopic (exact) mass is 291 g/mol. The summed E-state index contributed by atoms with van der Waals surface area (Å²) in [7, 11) is 1.60. The first-order chi connectivity index (χ1) is 9.89. The highest BCUT2D eigenvalue weighted by Gasteiger charge is 2.31. The minimum Gasteiger partial charge on any atom is -0.493 e. The molecule has 116 valence electrons. The third-order valence-corrected chi connectivity index (χ3v) is 4.01. The fourth-order valence-electron chi connectivity index (χ4n) is 2.87. The average Bonchev–Trinajstić information content (AvgIpc) is 2.76. The van der Waals surface area contributed by atoms with Crippen molar-refractivity contribution >= 4 is 5.91 Å². The summed E-state index contributed by atoms with van der Waals surface area (Å²) in [4.78, 5) is 12.0. The summed E-state index contributed by atoms with van der Waals surface area (Å²) < 4.78 is 10.8. The third kappa shape index (κ3) is 4.38. The van der Waals surface area contributed by atoms with Crippen molar-refractivity contribution in [1.82, 2.24) is 5.32 Å². The highest BCUT2D eigenvalue weighted by atomic mass is 16.5. The van der Waals surface area contributed by atoms with Crippen LogP contribution in [0, 0.1) is 12.3 Å². The lowest BCUT2D eigenvalue weighted by molar-refractivity contribution is -0.123. The zero-order valence-electron chi connectivity index (χ0n) is 13.4.